The van der Waals surface area contributed by atoms with Crippen molar-refractivity contribution >= 4 is 0 Å². The van der Waals surface area contributed by atoms with E-state index in [1.807, 2.05) is 0 Å². The molecule has 1 aliphatic rings. The zero-order chi connectivity index (χ0) is 13.2. The van der Waals surface area contributed by atoms with Gasteiger partial charge in [0, 0.05) is 6.54 Å². The molecule has 1 fully saturated rings. The Morgan fingerprint density at radius 3 is 2.50 bits per heavy atom. The van der Waals surface area contributed by atoms with Crippen LogP contribution in [-0.2, 0) is 0 Å². The zero-order valence-electron chi connectivity index (χ0n) is 12.9. The Bertz CT molecular complexity index is 188. The van der Waals surface area contributed by atoms with Gasteiger partial charge in [-0.15, -0.1) is 0 Å². The van der Waals surface area contributed by atoms with Gasteiger partial charge in [-0.25, -0.2) is 0 Å². The summed E-state index contributed by atoms with van der Waals surface area (Å²) in [5.41, 5.74) is 0. The lowest BCUT2D eigenvalue weighted by Crippen LogP contribution is -2.33. The van der Waals surface area contributed by atoms with Gasteiger partial charge in [0.1, 0.15) is 0 Å². The molecule has 0 aliphatic heterocycles. The Kier molecular flexibility index (Phi) is 8.70. The minimum absolute atomic E-state index is 0.781. The molecule has 0 heterocycles. The molecular weight excluding hydrogens is 220 g/mol. The van der Waals surface area contributed by atoms with Crippen molar-refractivity contribution in [2.75, 3.05) is 32.7 Å². The van der Waals surface area contributed by atoms with E-state index in [2.05, 4.69) is 31.0 Å². The lowest BCUT2D eigenvalue weighted by Gasteiger charge is -2.31. The molecule has 0 spiro atoms. The number of rotatable bonds is 11. The van der Waals surface area contributed by atoms with Crippen molar-refractivity contribution in [3.63, 3.8) is 0 Å². The van der Waals surface area contributed by atoms with E-state index in [0.29, 0.717) is 0 Å². The fraction of sp³-hybridized carbons (Fsp3) is 1.00. The third-order valence-corrected chi connectivity index (χ3v) is 4.07. The Labute approximate surface area is 115 Å². The molecule has 1 rings (SSSR count). The lowest BCUT2D eigenvalue weighted by molar-refractivity contribution is 0.181. The van der Waals surface area contributed by atoms with E-state index in [0.717, 1.165) is 11.8 Å². The van der Waals surface area contributed by atoms with E-state index in [4.69, 9.17) is 0 Å². The second-order valence-electron chi connectivity index (χ2n) is 6.35. The molecule has 0 aromatic heterocycles. The largest absolute Gasteiger partial charge is 0.316 e. The molecule has 2 heteroatoms. The first-order chi connectivity index (χ1) is 8.72. The molecule has 0 saturated heterocycles. The fourth-order valence-electron chi connectivity index (χ4n) is 2.57. The zero-order valence-corrected chi connectivity index (χ0v) is 12.9. The highest BCUT2D eigenvalue weighted by atomic mass is 15.1. The Balaban J connectivity index is 1.88. The van der Waals surface area contributed by atoms with Crippen LogP contribution in [0.25, 0.3) is 0 Å². The molecule has 0 aromatic carbocycles. The fourth-order valence-corrected chi connectivity index (χ4v) is 2.57. The average molecular weight is 254 g/mol. The average Bonchev–Trinajstić information content (AvgIpc) is 2.29. The highest BCUT2D eigenvalue weighted by molar-refractivity contribution is 4.73. The predicted octanol–water partition coefficient (Wildman–Crippen LogP) is 3.52. The third kappa shape index (κ3) is 7.38. The van der Waals surface area contributed by atoms with Gasteiger partial charge in [-0.3, -0.25) is 0 Å². The van der Waals surface area contributed by atoms with Crippen LogP contribution in [0.3, 0.4) is 0 Å². The van der Waals surface area contributed by atoms with Gasteiger partial charge in [-0.05, 0) is 63.7 Å². The van der Waals surface area contributed by atoms with Crippen molar-refractivity contribution in [1.29, 1.82) is 0 Å². The molecule has 0 bridgehead atoms. The van der Waals surface area contributed by atoms with Crippen LogP contribution in [0.5, 0.6) is 0 Å². The van der Waals surface area contributed by atoms with Crippen molar-refractivity contribution in [2.24, 2.45) is 11.8 Å². The first-order valence-electron chi connectivity index (χ1n) is 8.15. The van der Waals surface area contributed by atoms with Gasteiger partial charge in [0.05, 0.1) is 0 Å². The summed E-state index contributed by atoms with van der Waals surface area (Å²) in [6.45, 7) is 13.1. The van der Waals surface area contributed by atoms with E-state index in [1.165, 1.54) is 71.2 Å². The summed E-state index contributed by atoms with van der Waals surface area (Å²) in [6, 6.07) is 0. The van der Waals surface area contributed by atoms with Crippen molar-refractivity contribution in [2.45, 2.75) is 59.3 Å². The predicted molar refractivity (Wildman–Crippen MR) is 81.0 cm³/mol. The van der Waals surface area contributed by atoms with Gasteiger partial charge in [0.2, 0.25) is 0 Å². The molecule has 1 saturated carbocycles. The van der Waals surface area contributed by atoms with Crippen LogP contribution in [0.15, 0.2) is 0 Å². The molecule has 1 aliphatic carbocycles. The van der Waals surface area contributed by atoms with Gasteiger partial charge < -0.3 is 10.2 Å². The number of nitrogens with one attached hydrogen (secondary N) is 1. The first kappa shape index (κ1) is 16.0. The van der Waals surface area contributed by atoms with Crippen LogP contribution in [-0.4, -0.2) is 37.6 Å². The quantitative estimate of drug-likeness (QED) is 0.568. The standard InChI is InChI=1S/C16H34N2/c1-4-18(14-16-9-8-10-16)12-7-5-6-11-17-13-15(2)3/h15-17H,4-14H2,1-3H3. The highest BCUT2D eigenvalue weighted by Gasteiger charge is 2.19. The third-order valence-electron chi connectivity index (χ3n) is 4.07. The van der Waals surface area contributed by atoms with Gasteiger partial charge in [0.15, 0.2) is 0 Å². The number of hydrogen-bond acceptors (Lipinski definition) is 2. The Morgan fingerprint density at radius 1 is 1.17 bits per heavy atom. The SMILES string of the molecule is CCN(CCCCCNCC(C)C)CC1CCC1. The van der Waals surface area contributed by atoms with Crippen LogP contribution in [0.1, 0.15) is 59.3 Å². The molecule has 18 heavy (non-hydrogen) atoms. The van der Waals surface area contributed by atoms with Crippen LogP contribution < -0.4 is 5.32 Å². The summed E-state index contributed by atoms with van der Waals surface area (Å²) in [5, 5.41) is 3.52. The van der Waals surface area contributed by atoms with E-state index >= 15 is 0 Å². The van der Waals surface area contributed by atoms with Gasteiger partial charge in [-0.2, -0.15) is 0 Å². The maximum atomic E-state index is 3.52. The molecule has 2 nitrogen and oxygen atoms in total. The van der Waals surface area contributed by atoms with E-state index in [9.17, 15) is 0 Å². The van der Waals surface area contributed by atoms with Crippen LogP contribution >= 0.6 is 0 Å². The number of hydrogen-bond donors (Lipinski definition) is 1. The smallest absolute Gasteiger partial charge is 0.000954 e. The van der Waals surface area contributed by atoms with Crippen LogP contribution in [0, 0.1) is 11.8 Å². The Hall–Kier alpha value is -0.0800. The minimum atomic E-state index is 0.781. The van der Waals surface area contributed by atoms with Crippen molar-refractivity contribution < 1.29 is 0 Å². The molecule has 0 aromatic rings. The summed E-state index contributed by atoms with van der Waals surface area (Å²) in [4.78, 5) is 2.66. The summed E-state index contributed by atoms with van der Waals surface area (Å²) in [7, 11) is 0. The van der Waals surface area contributed by atoms with Gasteiger partial charge in [0.25, 0.3) is 0 Å². The van der Waals surface area contributed by atoms with Gasteiger partial charge >= 0.3 is 0 Å². The molecule has 0 unspecified atom stereocenters. The van der Waals surface area contributed by atoms with Crippen molar-refractivity contribution in [1.82, 2.24) is 10.2 Å². The maximum absolute atomic E-state index is 3.52. The van der Waals surface area contributed by atoms with E-state index in [-0.39, 0.29) is 0 Å². The summed E-state index contributed by atoms with van der Waals surface area (Å²) >= 11 is 0. The Morgan fingerprint density at radius 2 is 1.94 bits per heavy atom. The second kappa shape index (κ2) is 9.80. The van der Waals surface area contributed by atoms with Crippen LogP contribution in [0.4, 0.5) is 0 Å². The van der Waals surface area contributed by atoms with Crippen molar-refractivity contribution in [3.8, 4) is 0 Å². The molecule has 1 N–H and O–H groups in total. The number of unbranched alkanes of at least 4 members (excludes halogenated alkanes) is 2. The molecular formula is C16H34N2. The second-order valence-corrected chi connectivity index (χ2v) is 6.35. The molecule has 108 valence electrons. The molecule has 0 atom stereocenters. The summed E-state index contributed by atoms with van der Waals surface area (Å²) in [5.74, 6) is 1.81. The van der Waals surface area contributed by atoms with E-state index in [1.54, 1.807) is 0 Å². The van der Waals surface area contributed by atoms with Gasteiger partial charge in [-0.1, -0.05) is 33.6 Å². The monoisotopic (exact) mass is 254 g/mol. The molecule has 0 amide bonds. The molecule has 0 radical (unpaired) electrons. The minimum Gasteiger partial charge on any atom is -0.316 e. The summed E-state index contributed by atoms with van der Waals surface area (Å²) < 4.78 is 0. The van der Waals surface area contributed by atoms with Crippen LogP contribution in [0.2, 0.25) is 0 Å². The number of nitrogens with zero attached hydrogens (tertiary/aromatic N) is 1. The lowest BCUT2D eigenvalue weighted by atomic mass is 9.85. The topological polar surface area (TPSA) is 15.3 Å². The highest BCUT2D eigenvalue weighted by Crippen LogP contribution is 2.27. The maximum Gasteiger partial charge on any atom is 0.000954 e. The summed E-state index contributed by atoms with van der Waals surface area (Å²) in [6.07, 6.45) is 8.54. The first-order valence-corrected chi connectivity index (χ1v) is 8.15. The van der Waals surface area contributed by atoms with E-state index < -0.39 is 0 Å². The normalized spacial score (nSPS) is 16.5. The van der Waals surface area contributed by atoms with Crippen molar-refractivity contribution in [3.05, 3.63) is 0 Å².